The van der Waals surface area contributed by atoms with E-state index in [0.717, 1.165) is 5.75 Å². The quantitative estimate of drug-likeness (QED) is 0.854. The van der Waals surface area contributed by atoms with Crippen molar-refractivity contribution in [3.05, 3.63) is 54.1 Å². The third kappa shape index (κ3) is 4.87. The van der Waals surface area contributed by atoms with Crippen molar-refractivity contribution in [1.29, 1.82) is 0 Å². The second-order valence-corrected chi connectivity index (χ2v) is 8.68. The molecule has 1 N–H and O–H groups in total. The minimum Gasteiger partial charge on any atom is -0.490 e. The van der Waals surface area contributed by atoms with Gasteiger partial charge in [0, 0.05) is 25.7 Å². The van der Waals surface area contributed by atoms with Crippen LogP contribution in [0.15, 0.2) is 53.4 Å². The van der Waals surface area contributed by atoms with Crippen molar-refractivity contribution in [2.45, 2.75) is 37.7 Å². The average molecular weight is 388 g/mol. The van der Waals surface area contributed by atoms with Gasteiger partial charge in [-0.2, -0.15) is 4.31 Å². The maximum atomic E-state index is 12.8. The second-order valence-electron chi connectivity index (χ2n) is 6.74. The number of carbonyl (C=O) groups excluding carboxylic acids is 1. The molecule has 2 aromatic rings. The SMILES string of the molecule is CC(=O)Nc1ccc(S(=O)(=O)N2CCC(Oc3ccc(C)cc3)CC2)cc1. The minimum atomic E-state index is -3.54. The van der Waals surface area contributed by atoms with E-state index in [1.807, 2.05) is 31.2 Å². The summed E-state index contributed by atoms with van der Waals surface area (Å²) in [5, 5.41) is 2.63. The number of anilines is 1. The summed E-state index contributed by atoms with van der Waals surface area (Å²) in [6.45, 7) is 4.28. The summed E-state index contributed by atoms with van der Waals surface area (Å²) in [6.07, 6.45) is 1.31. The summed E-state index contributed by atoms with van der Waals surface area (Å²) in [4.78, 5) is 11.3. The monoisotopic (exact) mass is 388 g/mol. The molecule has 1 aliphatic rings. The number of nitrogens with zero attached hydrogens (tertiary/aromatic N) is 1. The van der Waals surface area contributed by atoms with Gasteiger partial charge in [0.1, 0.15) is 11.9 Å². The zero-order valence-corrected chi connectivity index (χ0v) is 16.3. The smallest absolute Gasteiger partial charge is 0.243 e. The van der Waals surface area contributed by atoms with Gasteiger partial charge < -0.3 is 10.1 Å². The first-order valence-corrected chi connectivity index (χ1v) is 10.4. The van der Waals surface area contributed by atoms with Crippen LogP contribution in [0.2, 0.25) is 0 Å². The highest BCUT2D eigenvalue weighted by atomic mass is 32.2. The lowest BCUT2D eigenvalue weighted by Crippen LogP contribution is -2.41. The Morgan fingerprint density at radius 1 is 1.04 bits per heavy atom. The number of nitrogens with one attached hydrogen (secondary N) is 1. The van der Waals surface area contributed by atoms with Gasteiger partial charge in [-0.15, -0.1) is 0 Å². The third-order valence-electron chi connectivity index (χ3n) is 4.54. The Kier molecular flexibility index (Phi) is 5.82. The Balaban J connectivity index is 1.60. The maximum absolute atomic E-state index is 12.8. The summed E-state index contributed by atoms with van der Waals surface area (Å²) >= 11 is 0. The molecule has 0 bridgehead atoms. The van der Waals surface area contributed by atoms with Gasteiger partial charge in [-0.25, -0.2) is 8.42 Å². The summed E-state index contributed by atoms with van der Waals surface area (Å²) in [6, 6.07) is 14.1. The van der Waals surface area contributed by atoms with E-state index in [-0.39, 0.29) is 16.9 Å². The molecule has 0 aliphatic carbocycles. The normalized spacial score (nSPS) is 16.1. The van der Waals surface area contributed by atoms with Crippen LogP contribution in [0.25, 0.3) is 0 Å². The van der Waals surface area contributed by atoms with Crippen LogP contribution in [0.3, 0.4) is 0 Å². The van der Waals surface area contributed by atoms with Gasteiger partial charge in [0.15, 0.2) is 0 Å². The van der Waals surface area contributed by atoms with Crippen molar-refractivity contribution >= 4 is 21.6 Å². The van der Waals surface area contributed by atoms with Gasteiger partial charge in [-0.1, -0.05) is 17.7 Å². The summed E-state index contributed by atoms with van der Waals surface area (Å²) < 4.78 is 33.1. The Hall–Kier alpha value is -2.38. The van der Waals surface area contributed by atoms with Gasteiger partial charge in [0.2, 0.25) is 15.9 Å². The predicted molar refractivity (Wildman–Crippen MR) is 104 cm³/mol. The summed E-state index contributed by atoms with van der Waals surface area (Å²) in [7, 11) is -3.54. The molecular weight excluding hydrogens is 364 g/mol. The summed E-state index contributed by atoms with van der Waals surface area (Å²) in [5.41, 5.74) is 1.75. The van der Waals surface area contributed by atoms with Crippen molar-refractivity contribution in [3.8, 4) is 5.75 Å². The number of ether oxygens (including phenoxy) is 1. The number of piperidine rings is 1. The number of aryl methyl sites for hydroxylation is 1. The molecule has 1 aliphatic heterocycles. The fraction of sp³-hybridized carbons (Fsp3) is 0.350. The number of amides is 1. The van der Waals surface area contributed by atoms with E-state index in [0.29, 0.717) is 31.6 Å². The van der Waals surface area contributed by atoms with Crippen molar-refractivity contribution in [2.24, 2.45) is 0 Å². The minimum absolute atomic E-state index is 0.0151. The van der Waals surface area contributed by atoms with E-state index < -0.39 is 10.0 Å². The lowest BCUT2D eigenvalue weighted by molar-refractivity contribution is -0.114. The zero-order chi connectivity index (χ0) is 19.4. The number of rotatable bonds is 5. The molecule has 2 aromatic carbocycles. The number of carbonyl (C=O) groups is 1. The van der Waals surface area contributed by atoms with Crippen LogP contribution in [0, 0.1) is 6.92 Å². The Morgan fingerprint density at radius 2 is 1.63 bits per heavy atom. The van der Waals surface area contributed by atoms with Crippen LogP contribution >= 0.6 is 0 Å². The van der Waals surface area contributed by atoms with Crippen LogP contribution in [-0.2, 0) is 14.8 Å². The van der Waals surface area contributed by atoms with Crippen LogP contribution < -0.4 is 10.1 Å². The molecule has 3 rings (SSSR count). The Bertz CT molecular complexity index is 885. The molecule has 1 saturated heterocycles. The molecule has 1 heterocycles. The number of hydrogen-bond acceptors (Lipinski definition) is 4. The van der Waals surface area contributed by atoms with Gasteiger partial charge >= 0.3 is 0 Å². The average Bonchev–Trinajstić information content (AvgIpc) is 2.64. The molecule has 7 heteroatoms. The Labute approximate surface area is 160 Å². The van der Waals surface area contributed by atoms with Crippen molar-refractivity contribution in [1.82, 2.24) is 4.31 Å². The fourth-order valence-electron chi connectivity index (χ4n) is 3.06. The van der Waals surface area contributed by atoms with E-state index in [1.54, 1.807) is 12.1 Å². The van der Waals surface area contributed by atoms with Gasteiger partial charge in [0.05, 0.1) is 4.90 Å². The predicted octanol–water partition coefficient (Wildman–Crippen LogP) is 3.19. The molecule has 0 spiro atoms. The van der Waals surface area contributed by atoms with Crippen molar-refractivity contribution in [2.75, 3.05) is 18.4 Å². The molecule has 27 heavy (non-hydrogen) atoms. The van der Waals surface area contributed by atoms with Gasteiger partial charge in [-0.3, -0.25) is 4.79 Å². The highest BCUT2D eigenvalue weighted by Crippen LogP contribution is 2.24. The maximum Gasteiger partial charge on any atom is 0.243 e. The summed E-state index contributed by atoms with van der Waals surface area (Å²) in [5.74, 6) is 0.622. The first kappa shape index (κ1) is 19.4. The van der Waals surface area contributed by atoms with Crippen LogP contribution in [0.4, 0.5) is 5.69 Å². The number of sulfonamides is 1. The molecule has 0 aromatic heterocycles. The molecule has 1 amide bonds. The number of benzene rings is 2. The Morgan fingerprint density at radius 3 is 2.19 bits per heavy atom. The molecule has 0 atom stereocenters. The first-order valence-electron chi connectivity index (χ1n) is 8.96. The highest BCUT2D eigenvalue weighted by molar-refractivity contribution is 7.89. The zero-order valence-electron chi connectivity index (χ0n) is 15.5. The molecule has 144 valence electrons. The van der Waals surface area contributed by atoms with E-state index in [1.165, 1.54) is 28.9 Å². The van der Waals surface area contributed by atoms with E-state index in [2.05, 4.69) is 5.32 Å². The molecule has 6 nitrogen and oxygen atoms in total. The molecule has 0 saturated carbocycles. The lowest BCUT2D eigenvalue weighted by atomic mass is 10.1. The van der Waals surface area contributed by atoms with E-state index >= 15 is 0 Å². The molecule has 0 radical (unpaired) electrons. The fourth-order valence-corrected chi connectivity index (χ4v) is 4.53. The van der Waals surface area contributed by atoms with Gasteiger partial charge in [-0.05, 0) is 56.2 Å². The highest BCUT2D eigenvalue weighted by Gasteiger charge is 2.30. The van der Waals surface area contributed by atoms with E-state index in [9.17, 15) is 13.2 Å². The largest absolute Gasteiger partial charge is 0.490 e. The topological polar surface area (TPSA) is 75.7 Å². The van der Waals surface area contributed by atoms with Crippen molar-refractivity contribution in [3.63, 3.8) is 0 Å². The first-order chi connectivity index (χ1) is 12.8. The molecule has 1 fully saturated rings. The van der Waals surface area contributed by atoms with E-state index in [4.69, 9.17) is 4.74 Å². The second kappa shape index (κ2) is 8.10. The van der Waals surface area contributed by atoms with Crippen LogP contribution in [0.1, 0.15) is 25.3 Å². The number of hydrogen-bond donors (Lipinski definition) is 1. The molecule has 0 unspecified atom stereocenters. The molecular formula is C20H24N2O4S. The third-order valence-corrected chi connectivity index (χ3v) is 6.45. The lowest BCUT2D eigenvalue weighted by Gasteiger charge is -2.31. The standard InChI is InChI=1S/C20H24N2O4S/c1-15-3-7-18(8-4-15)26-19-11-13-22(14-12-19)27(24,25)20-9-5-17(6-10-20)21-16(2)23/h3-10,19H,11-14H2,1-2H3,(H,21,23). The van der Waals surface area contributed by atoms with Gasteiger partial charge in [0.25, 0.3) is 0 Å². The van der Waals surface area contributed by atoms with Crippen LogP contribution in [-0.4, -0.2) is 37.8 Å². The van der Waals surface area contributed by atoms with Crippen molar-refractivity contribution < 1.29 is 17.9 Å². The van der Waals surface area contributed by atoms with Crippen LogP contribution in [0.5, 0.6) is 5.75 Å².